The van der Waals surface area contributed by atoms with Gasteiger partial charge in [0.05, 0.1) is 12.3 Å². The highest BCUT2D eigenvalue weighted by Crippen LogP contribution is 2.29. The Hall–Kier alpha value is -2.77. The van der Waals surface area contributed by atoms with E-state index in [-0.39, 0.29) is 5.91 Å². The minimum absolute atomic E-state index is 0.0872. The predicted molar refractivity (Wildman–Crippen MR) is 102 cm³/mol. The number of hydrogen-bond acceptors (Lipinski definition) is 6. The summed E-state index contributed by atoms with van der Waals surface area (Å²) < 4.78 is 10.4. The molecule has 1 N–H and O–H groups in total. The van der Waals surface area contributed by atoms with Gasteiger partial charge in [-0.25, -0.2) is 9.97 Å². The monoisotopic (exact) mass is 369 g/mol. The number of carbonyl (C=O) groups is 1. The first-order chi connectivity index (χ1) is 12.7. The van der Waals surface area contributed by atoms with Gasteiger partial charge in [0.25, 0.3) is 0 Å². The SMILES string of the molecule is COCCOc1ccc(-c2nc(-c3ccc(NC(C)=O)cc3)cs2)cn1. The summed E-state index contributed by atoms with van der Waals surface area (Å²) >= 11 is 1.56. The molecule has 1 aromatic carbocycles. The van der Waals surface area contributed by atoms with Crippen LogP contribution in [0.15, 0.2) is 48.0 Å². The Morgan fingerprint density at radius 1 is 1.12 bits per heavy atom. The van der Waals surface area contributed by atoms with E-state index in [0.29, 0.717) is 19.1 Å². The van der Waals surface area contributed by atoms with Crippen molar-refractivity contribution >= 4 is 22.9 Å². The normalized spacial score (nSPS) is 10.5. The van der Waals surface area contributed by atoms with Crippen LogP contribution in [0.1, 0.15) is 6.92 Å². The molecule has 0 unspecified atom stereocenters. The third kappa shape index (κ3) is 4.65. The van der Waals surface area contributed by atoms with Crippen molar-refractivity contribution in [1.82, 2.24) is 9.97 Å². The Kier molecular flexibility index (Phi) is 5.93. The number of ether oxygens (including phenoxy) is 2. The molecule has 0 fully saturated rings. The Balaban J connectivity index is 1.70. The minimum Gasteiger partial charge on any atom is -0.475 e. The molecule has 0 radical (unpaired) electrons. The molecule has 0 atom stereocenters. The molecule has 6 nitrogen and oxygen atoms in total. The van der Waals surface area contributed by atoms with Crippen molar-refractivity contribution in [1.29, 1.82) is 0 Å². The van der Waals surface area contributed by atoms with Crippen LogP contribution in [0.2, 0.25) is 0 Å². The van der Waals surface area contributed by atoms with Gasteiger partial charge in [-0.15, -0.1) is 11.3 Å². The van der Waals surface area contributed by atoms with Gasteiger partial charge in [-0.2, -0.15) is 0 Å². The van der Waals surface area contributed by atoms with Crippen LogP contribution < -0.4 is 10.1 Å². The van der Waals surface area contributed by atoms with Gasteiger partial charge in [-0.1, -0.05) is 12.1 Å². The average molecular weight is 369 g/mol. The Morgan fingerprint density at radius 3 is 2.54 bits per heavy atom. The second-order valence-corrected chi connectivity index (χ2v) is 6.38. The lowest BCUT2D eigenvalue weighted by Gasteiger charge is -2.04. The molecule has 1 amide bonds. The summed E-state index contributed by atoms with van der Waals surface area (Å²) in [5.41, 5.74) is 3.59. The van der Waals surface area contributed by atoms with Gasteiger partial charge in [0, 0.05) is 48.5 Å². The summed E-state index contributed by atoms with van der Waals surface area (Å²) in [4.78, 5) is 20.1. The van der Waals surface area contributed by atoms with Crippen molar-refractivity contribution < 1.29 is 14.3 Å². The lowest BCUT2D eigenvalue weighted by Crippen LogP contribution is -2.05. The van der Waals surface area contributed by atoms with E-state index in [9.17, 15) is 4.79 Å². The molecule has 2 heterocycles. The number of rotatable bonds is 7. The summed E-state index contributed by atoms with van der Waals surface area (Å²) in [7, 11) is 1.63. The molecule has 2 aromatic heterocycles. The zero-order chi connectivity index (χ0) is 18.4. The molecule has 7 heteroatoms. The quantitative estimate of drug-likeness (QED) is 0.640. The van der Waals surface area contributed by atoms with Gasteiger partial charge in [0.2, 0.25) is 11.8 Å². The smallest absolute Gasteiger partial charge is 0.221 e. The Bertz CT molecular complexity index is 860. The van der Waals surface area contributed by atoms with E-state index in [1.807, 2.05) is 41.8 Å². The molecule has 0 aliphatic carbocycles. The number of pyridine rings is 1. The second-order valence-electron chi connectivity index (χ2n) is 5.52. The maximum absolute atomic E-state index is 11.1. The predicted octanol–water partition coefficient (Wildman–Crippen LogP) is 3.86. The van der Waals surface area contributed by atoms with Crippen LogP contribution in [0.4, 0.5) is 5.69 Å². The number of aromatic nitrogens is 2. The number of methoxy groups -OCH3 is 1. The van der Waals surface area contributed by atoms with Crippen molar-refractivity contribution in [2.75, 3.05) is 25.6 Å². The lowest BCUT2D eigenvalue weighted by molar-refractivity contribution is -0.114. The molecule has 0 aliphatic rings. The largest absolute Gasteiger partial charge is 0.475 e. The number of hydrogen-bond donors (Lipinski definition) is 1. The first-order valence-electron chi connectivity index (χ1n) is 8.07. The van der Waals surface area contributed by atoms with Gasteiger partial charge in [0.1, 0.15) is 11.6 Å². The Morgan fingerprint density at radius 2 is 1.88 bits per heavy atom. The average Bonchev–Trinajstić information content (AvgIpc) is 3.13. The summed E-state index contributed by atoms with van der Waals surface area (Å²) in [5.74, 6) is 0.479. The van der Waals surface area contributed by atoms with Crippen molar-refractivity contribution in [2.45, 2.75) is 6.92 Å². The number of thiazole rings is 1. The van der Waals surface area contributed by atoms with E-state index in [0.717, 1.165) is 27.5 Å². The topological polar surface area (TPSA) is 73.3 Å². The number of nitrogens with zero attached hydrogens (tertiary/aromatic N) is 2. The maximum atomic E-state index is 11.1. The summed E-state index contributed by atoms with van der Waals surface area (Å²) in [6.45, 7) is 2.49. The molecular weight excluding hydrogens is 350 g/mol. The molecular formula is C19H19N3O3S. The number of benzene rings is 1. The fraction of sp³-hybridized carbons (Fsp3) is 0.211. The number of anilines is 1. The van der Waals surface area contributed by atoms with Gasteiger partial charge < -0.3 is 14.8 Å². The Labute approximate surface area is 155 Å². The van der Waals surface area contributed by atoms with E-state index in [1.165, 1.54) is 6.92 Å². The second kappa shape index (κ2) is 8.55. The number of amides is 1. The standard InChI is InChI=1S/C19H19N3O3S/c1-13(23)21-16-6-3-14(4-7-16)17-12-26-19(22-17)15-5-8-18(20-11-15)25-10-9-24-2/h3-8,11-12H,9-10H2,1-2H3,(H,21,23). The molecule has 134 valence electrons. The van der Waals surface area contributed by atoms with Crippen LogP contribution >= 0.6 is 11.3 Å². The zero-order valence-corrected chi connectivity index (χ0v) is 15.4. The summed E-state index contributed by atoms with van der Waals surface area (Å²) in [6.07, 6.45) is 1.75. The van der Waals surface area contributed by atoms with Crippen LogP contribution in [0, 0.1) is 0 Å². The van der Waals surface area contributed by atoms with Crippen molar-refractivity contribution in [3.05, 3.63) is 48.0 Å². The fourth-order valence-corrected chi connectivity index (χ4v) is 3.11. The minimum atomic E-state index is -0.0872. The molecule has 0 saturated heterocycles. The van der Waals surface area contributed by atoms with Gasteiger partial charge in [0.15, 0.2) is 0 Å². The molecule has 3 rings (SSSR count). The van der Waals surface area contributed by atoms with Crippen molar-refractivity contribution in [3.63, 3.8) is 0 Å². The molecule has 0 bridgehead atoms. The third-order valence-electron chi connectivity index (χ3n) is 3.53. The molecule has 0 spiro atoms. The van der Waals surface area contributed by atoms with E-state index in [1.54, 1.807) is 24.6 Å². The first kappa shape index (κ1) is 18.0. The zero-order valence-electron chi connectivity index (χ0n) is 14.6. The highest BCUT2D eigenvalue weighted by atomic mass is 32.1. The number of nitrogens with one attached hydrogen (secondary N) is 1. The third-order valence-corrected chi connectivity index (χ3v) is 4.42. The van der Waals surface area contributed by atoms with E-state index in [2.05, 4.69) is 15.3 Å². The van der Waals surface area contributed by atoms with Gasteiger partial charge in [-0.05, 0) is 18.2 Å². The molecule has 26 heavy (non-hydrogen) atoms. The number of carbonyl (C=O) groups excluding carboxylic acids is 1. The fourth-order valence-electron chi connectivity index (χ4n) is 2.29. The van der Waals surface area contributed by atoms with Crippen molar-refractivity contribution in [3.8, 4) is 27.7 Å². The van der Waals surface area contributed by atoms with Crippen molar-refractivity contribution in [2.24, 2.45) is 0 Å². The molecule has 0 aliphatic heterocycles. The highest BCUT2D eigenvalue weighted by molar-refractivity contribution is 7.13. The van der Waals surface area contributed by atoms with Crippen LogP contribution in [0.3, 0.4) is 0 Å². The highest BCUT2D eigenvalue weighted by Gasteiger charge is 2.08. The molecule has 0 saturated carbocycles. The van der Waals surface area contributed by atoms with Crippen LogP contribution in [-0.2, 0) is 9.53 Å². The summed E-state index contributed by atoms with van der Waals surface area (Å²) in [5, 5.41) is 5.65. The maximum Gasteiger partial charge on any atom is 0.221 e. The lowest BCUT2D eigenvalue weighted by atomic mass is 10.1. The van der Waals surface area contributed by atoms with Crippen LogP contribution in [-0.4, -0.2) is 36.2 Å². The van der Waals surface area contributed by atoms with Crippen LogP contribution in [0.25, 0.3) is 21.8 Å². The summed E-state index contributed by atoms with van der Waals surface area (Å²) in [6, 6.07) is 11.4. The first-order valence-corrected chi connectivity index (χ1v) is 8.95. The van der Waals surface area contributed by atoms with Gasteiger partial charge in [-0.3, -0.25) is 4.79 Å². The van der Waals surface area contributed by atoms with Crippen LogP contribution in [0.5, 0.6) is 5.88 Å². The van der Waals surface area contributed by atoms with E-state index in [4.69, 9.17) is 9.47 Å². The molecule has 3 aromatic rings. The van der Waals surface area contributed by atoms with E-state index < -0.39 is 0 Å². The van der Waals surface area contributed by atoms with E-state index >= 15 is 0 Å². The van der Waals surface area contributed by atoms with Gasteiger partial charge >= 0.3 is 0 Å².